The third-order valence-electron chi connectivity index (χ3n) is 2.88. The Labute approximate surface area is 103 Å². The van der Waals surface area contributed by atoms with E-state index in [2.05, 4.69) is 15.3 Å². The molecule has 4 N–H and O–H groups in total. The number of nitrogens with one attached hydrogen (secondary N) is 3. The van der Waals surface area contributed by atoms with Gasteiger partial charge < -0.3 is 20.4 Å². The predicted molar refractivity (Wildman–Crippen MR) is 67.8 cm³/mol. The molecule has 0 spiro atoms. The summed E-state index contributed by atoms with van der Waals surface area (Å²) in [6.45, 7) is 0.576. The van der Waals surface area contributed by atoms with Crippen molar-refractivity contribution in [3.05, 3.63) is 34.2 Å². The second kappa shape index (κ2) is 5.05. The van der Waals surface area contributed by atoms with E-state index in [1.165, 1.54) is 0 Å². The van der Waals surface area contributed by atoms with Crippen molar-refractivity contribution in [3.63, 3.8) is 0 Å². The summed E-state index contributed by atoms with van der Waals surface area (Å²) < 4.78 is 0. The molecular weight excluding hydrogens is 234 g/mol. The van der Waals surface area contributed by atoms with Gasteiger partial charge in [0.15, 0.2) is 0 Å². The Morgan fingerprint density at radius 3 is 2.78 bits per heavy atom. The van der Waals surface area contributed by atoms with Crippen LogP contribution in [0.1, 0.15) is 17.9 Å². The van der Waals surface area contributed by atoms with E-state index < -0.39 is 5.97 Å². The second-order valence-electron chi connectivity index (χ2n) is 4.24. The Balaban J connectivity index is 2.36. The molecule has 0 amide bonds. The molecule has 1 aromatic heterocycles. The number of H-pyrrole nitrogens is 2. The van der Waals surface area contributed by atoms with Gasteiger partial charge in [-0.15, -0.1) is 0 Å². The van der Waals surface area contributed by atoms with Crippen molar-refractivity contribution >= 4 is 17.0 Å². The maximum absolute atomic E-state index is 11.2. The van der Waals surface area contributed by atoms with Crippen molar-refractivity contribution in [2.75, 3.05) is 13.6 Å². The van der Waals surface area contributed by atoms with Crippen molar-refractivity contribution in [3.8, 4) is 0 Å². The minimum absolute atomic E-state index is 0.0565. The summed E-state index contributed by atoms with van der Waals surface area (Å²) in [5, 5.41) is 11.9. The van der Waals surface area contributed by atoms with Crippen LogP contribution in [0.5, 0.6) is 0 Å². The fourth-order valence-corrected chi connectivity index (χ4v) is 2.07. The summed E-state index contributed by atoms with van der Waals surface area (Å²) in [4.78, 5) is 27.3. The number of aliphatic carboxylic acids is 1. The van der Waals surface area contributed by atoms with Gasteiger partial charge in [0.25, 0.3) is 0 Å². The summed E-state index contributed by atoms with van der Waals surface area (Å²) in [7, 11) is 1.78. The molecule has 1 heterocycles. The van der Waals surface area contributed by atoms with Gasteiger partial charge in [0.2, 0.25) is 0 Å². The first kappa shape index (κ1) is 12.4. The third-order valence-corrected chi connectivity index (χ3v) is 2.88. The van der Waals surface area contributed by atoms with Gasteiger partial charge in [-0.3, -0.25) is 4.79 Å². The lowest BCUT2D eigenvalue weighted by Crippen LogP contribution is -2.19. The Bertz CT molecular complexity index is 614. The maximum atomic E-state index is 11.2. The molecule has 0 saturated carbocycles. The number of carboxylic acids is 1. The molecule has 1 aromatic carbocycles. The molecule has 1 unspecified atom stereocenters. The number of aromatic nitrogens is 2. The lowest BCUT2D eigenvalue weighted by Gasteiger charge is -2.14. The molecular formula is C12H15N3O3. The van der Waals surface area contributed by atoms with Crippen LogP contribution in [-0.4, -0.2) is 34.6 Å². The average Bonchev–Trinajstić information content (AvgIpc) is 2.66. The summed E-state index contributed by atoms with van der Waals surface area (Å²) in [6, 6.07) is 5.45. The minimum atomic E-state index is -0.835. The van der Waals surface area contributed by atoms with Crippen LogP contribution in [0.15, 0.2) is 23.0 Å². The topological polar surface area (TPSA) is 98.0 Å². The van der Waals surface area contributed by atoms with E-state index in [0.29, 0.717) is 12.1 Å². The molecule has 0 bridgehead atoms. The maximum Gasteiger partial charge on any atom is 0.323 e. The number of imidazole rings is 1. The number of rotatable bonds is 5. The fourth-order valence-electron chi connectivity index (χ4n) is 2.07. The van der Waals surface area contributed by atoms with Crippen molar-refractivity contribution in [2.24, 2.45) is 0 Å². The SMILES string of the molecule is CNCC(CC(=O)O)c1ccc2[nH]c(=O)[nH]c2c1. The van der Waals surface area contributed by atoms with Crippen molar-refractivity contribution in [2.45, 2.75) is 12.3 Å². The number of aromatic amines is 2. The van der Waals surface area contributed by atoms with Crippen LogP contribution >= 0.6 is 0 Å². The zero-order valence-corrected chi connectivity index (χ0v) is 9.99. The van der Waals surface area contributed by atoms with Crippen LogP contribution in [0, 0.1) is 0 Å². The van der Waals surface area contributed by atoms with Crippen LogP contribution < -0.4 is 11.0 Å². The Morgan fingerprint density at radius 2 is 2.11 bits per heavy atom. The highest BCUT2D eigenvalue weighted by molar-refractivity contribution is 5.76. The summed E-state index contributed by atoms with van der Waals surface area (Å²) in [5.74, 6) is -0.951. The summed E-state index contributed by atoms with van der Waals surface area (Å²) >= 11 is 0. The molecule has 0 aliphatic rings. The van der Waals surface area contributed by atoms with Crippen molar-refractivity contribution in [1.82, 2.24) is 15.3 Å². The van der Waals surface area contributed by atoms with Gasteiger partial charge in [0.05, 0.1) is 17.5 Å². The van der Waals surface area contributed by atoms with E-state index in [0.717, 1.165) is 11.1 Å². The highest BCUT2D eigenvalue weighted by Crippen LogP contribution is 2.21. The number of hydrogen-bond donors (Lipinski definition) is 4. The zero-order chi connectivity index (χ0) is 13.1. The normalized spacial score (nSPS) is 12.7. The van der Waals surface area contributed by atoms with E-state index in [1.807, 2.05) is 12.1 Å². The Hall–Kier alpha value is -2.08. The molecule has 2 aromatic rings. The quantitative estimate of drug-likeness (QED) is 0.624. The number of likely N-dealkylation sites (N-methyl/N-ethyl adjacent to an activating group) is 1. The first-order valence-corrected chi connectivity index (χ1v) is 5.68. The van der Waals surface area contributed by atoms with E-state index in [4.69, 9.17) is 5.11 Å². The highest BCUT2D eigenvalue weighted by Gasteiger charge is 2.15. The lowest BCUT2D eigenvalue weighted by molar-refractivity contribution is -0.137. The molecule has 0 aliphatic heterocycles. The standard InChI is InChI=1S/C12H15N3O3/c1-13-6-8(5-11(16)17)7-2-3-9-10(4-7)15-12(18)14-9/h2-4,8,13H,5-6H2,1H3,(H,16,17)(H2,14,15,18). The molecule has 18 heavy (non-hydrogen) atoms. The molecule has 0 aliphatic carbocycles. The number of fused-ring (bicyclic) bond motifs is 1. The molecule has 2 rings (SSSR count). The molecule has 1 atom stereocenters. The number of hydrogen-bond acceptors (Lipinski definition) is 3. The van der Waals surface area contributed by atoms with Crippen LogP contribution in [0.2, 0.25) is 0 Å². The van der Waals surface area contributed by atoms with E-state index in [1.54, 1.807) is 13.1 Å². The van der Waals surface area contributed by atoms with E-state index >= 15 is 0 Å². The monoisotopic (exact) mass is 249 g/mol. The molecule has 6 nitrogen and oxygen atoms in total. The highest BCUT2D eigenvalue weighted by atomic mass is 16.4. The van der Waals surface area contributed by atoms with Crippen LogP contribution in [0.4, 0.5) is 0 Å². The Morgan fingerprint density at radius 1 is 1.39 bits per heavy atom. The largest absolute Gasteiger partial charge is 0.481 e. The number of benzene rings is 1. The number of carboxylic acid groups (broad SMARTS) is 1. The molecule has 6 heteroatoms. The van der Waals surface area contributed by atoms with Gasteiger partial charge >= 0.3 is 11.7 Å². The second-order valence-corrected chi connectivity index (χ2v) is 4.24. The molecule has 0 radical (unpaired) electrons. The summed E-state index contributed by atoms with van der Waals surface area (Å²) in [6.07, 6.45) is 0.0565. The van der Waals surface area contributed by atoms with Crippen LogP contribution in [0.3, 0.4) is 0 Å². The minimum Gasteiger partial charge on any atom is -0.481 e. The fraction of sp³-hybridized carbons (Fsp3) is 0.333. The summed E-state index contributed by atoms with van der Waals surface area (Å²) in [5.41, 5.74) is 2.06. The first-order valence-electron chi connectivity index (χ1n) is 5.68. The number of carbonyl (C=O) groups is 1. The van der Waals surface area contributed by atoms with Gasteiger partial charge in [-0.25, -0.2) is 4.79 Å². The molecule has 96 valence electrons. The lowest BCUT2D eigenvalue weighted by atomic mass is 9.95. The molecule has 0 fully saturated rings. The van der Waals surface area contributed by atoms with Crippen molar-refractivity contribution < 1.29 is 9.90 Å². The smallest absolute Gasteiger partial charge is 0.323 e. The molecule has 0 saturated heterocycles. The van der Waals surface area contributed by atoms with Gasteiger partial charge in [-0.2, -0.15) is 0 Å². The van der Waals surface area contributed by atoms with Gasteiger partial charge in [-0.1, -0.05) is 6.07 Å². The van der Waals surface area contributed by atoms with Gasteiger partial charge in [0, 0.05) is 12.5 Å². The van der Waals surface area contributed by atoms with Crippen molar-refractivity contribution in [1.29, 1.82) is 0 Å². The predicted octanol–water partition coefficient (Wildman–Crippen LogP) is 0.634. The van der Waals surface area contributed by atoms with Gasteiger partial charge in [-0.05, 0) is 24.7 Å². The van der Waals surface area contributed by atoms with Gasteiger partial charge in [0.1, 0.15) is 0 Å². The van der Waals surface area contributed by atoms with E-state index in [9.17, 15) is 9.59 Å². The first-order chi connectivity index (χ1) is 8.60. The van der Waals surface area contributed by atoms with E-state index in [-0.39, 0.29) is 18.0 Å². The average molecular weight is 249 g/mol. The zero-order valence-electron chi connectivity index (χ0n) is 9.99. The van der Waals surface area contributed by atoms with Crippen LogP contribution in [-0.2, 0) is 4.79 Å². The van der Waals surface area contributed by atoms with Crippen LogP contribution in [0.25, 0.3) is 11.0 Å². The Kier molecular flexibility index (Phi) is 3.47. The third kappa shape index (κ3) is 2.60.